The van der Waals surface area contributed by atoms with Gasteiger partial charge in [0.15, 0.2) is 0 Å². The number of hydrogen-bond donors (Lipinski definition) is 0. The molecule has 2 aromatic carbocycles. The van der Waals surface area contributed by atoms with Crippen molar-refractivity contribution in [1.29, 1.82) is 0 Å². The molecule has 0 aliphatic carbocycles. The second-order valence-corrected chi connectivity index (χ2v) is 7.50. The van der Waals surface area contributed by atoms with Gasteiger partial charge in [-0.05, 0) is 55.9 Å². The standard InChI is InChI=1S/C23H29NO3.CH4/c1-16-7-5-9-20(13-16)18(3)24-15-22(27-23(24)25)12-11-17(2)19-8-6-10-21(14-19)26-4;/h5-10,13-14,17-18,22H,11-12,15H2,1-4H3;1H4/t17-,18+,22-;/m1./s1. The molecule has 3 atom stereocenters. The van der Waals surface area contributed by atoms with Crippen LogP contribution in [0.5, 0.6) is 5.75 Å². The van der Waals surface area contributed by atoms with E-state index in [-0.39, 0.29) is 25.7 Å². The van der Waals surface area contributed by atoms with E-state index in [9.17, 15) is 4.79 Å². The highest BCUT2D eigenvalue weighted by Gasteiger charge is 2.34. The number of cyclic esters (lactones) is 1. The Morgan fingerprint density at radius 2 is 1.86 bits per heavy atom. The number of aryl methyl sites for hydroxylation is 1. The lowest BCUT2D eigenvalue weighted by Gasteiger charge is -2.22. The normalized spacial score (nSPS) is 18.2. The van der Waals surface area contributed by atoms with Gasteiger partial charge in [-0.1, -0.05) is 56.3 Å². The van der Waals surface area contributed by atoms with Crippen LogP contribution in [0.1, 0.15) is 62.8 Å². The number of carbonyl (C=O) groups excluding carboxylic acids is 1. The van der Waals surface area contributed by atoms with E-state index in [0.717, 1.165) is 24.2 Å². The van der Waals surface area contributed by atoms with Gasteiger partial charge in [-0.2, -0.15) is 0 Å². The van der Waals surface area contributed by atoms with Gasteiger partial charge in [0, 0.05) is 0 Å². The molecule has 1 aliphatic rings. The van der Waals surface area contributed by atoms with Crippen LogP contribution in [-0.4, -0.2) is 30.8 Å². The molecule has 2 aromatic rings. The van der Waals surface area contributed by atoms with Gasteiger partial charge in [0.1, 0.15) is 11.9 Å². The van der Waals surface area contributed by atoms with Gasteiger partial charge in [0.05, 0.1) is 19.7 Å². The third kappa shape index (κ3) is 5.06. The van der Waals surface area contributed by atoms with Crippen LogP contribution >= 0.6 is 0 Å². The fourth-order valence-corrected chi connectivity index (χ4v) is 3.67. The number of benzene rings is 2. The average molecular weight is 384 g/mol. The van der Waals surface area contributed by atoms with Crippen molar-refractivity contribution in [2.75, 3.05) is 13.7 Å². The summed E-state index contributed by atoms with van der Waals surface area (Å²) in [5.41, 5.74) is 3.61. The molecule has 0 spiro atoms. The molecule has 1 aliphatic heterocycles. The molecule has 0 bridgehead atoms. The molecule has 0 radical (unpaired) electrons. The van der Waals surface area contributed by atoms with Crippen LogP contribution in [0.3, 0.4) is 0 Å². The van der Waals surface area contributed by atoms with E-state index in [4.69, 9.17) is 9.47 Å². The number of hydrogen-bond acceptors (Lipinski definition) is 3. The van der Waals surface area contributed by atoms with E-state index >= 15 is 0 Å². The highest BCUT2D eigenvalue weighted by molar-refractivity contribution is 5.70. The SMILES string of the molecule is C.COc1cccc([C@H](C)CC[C@@H]2CN([C@@H](C)c3cccc(C)c3)C(=O)O2)c1. The van der Waals surface area contributed by atoms with E-state index in [2.05, 4.69) is 51.1 Å². The molecule has 0 N–H and O–H groups in total. The fraction of sp³-hybridized carbons (Fsp3) is 0.458. The summed E-state index contributed by atoms with van der Waals surface area (Å²) < 4.78 is 11.0. The molecule has 4 nitrogen and oxygen atoms in total. The minimum Gasteiger partial charge on any atom is -0.497 e. The van der Waals surface area contributed by atoms with Crippen LogP contribution in [0.2, 0.25) is 0 Å². The van der Waals surface area contributed by atoms with Crippen LogP contribution in [0.4, 0.5) is 4.79 Å². The van der Waals surface area contributed by atoms with Crippen molar-refractivity contribution in [2.45, 2.75) is 59.1 Å². The van der Waals surface area contributed by atoms with E-state index in [1.807, 2.05) is 23.1 Å². The van der Waals surface area contributed by atoms with E-state index in [1.165, 1.54) is 11.1 Å². The van der Waals surface area contributed by atoms with Gasteiger partial charge in [-0.3, -0.25) is 4.90 Å². The van der Waals surface area contributed by atoms with Crippen LogP contribution in [0.25, 0.3) is 0 Å². The maximum atomic E-state index is 12.4. The molecule has 1 heterocycles. The molecule has 28 heavy (non-hydrogen) atoms. The van der Waals surface area contributed by atoms with E-state index in [1.54, 1.807) is 7.11 Å². The Hall–Kier alpha value is -2.49. The van der Waals surface area contributed by atoms with Crippen molar-refractivity contribution in [3.8, 4) is 5.75 Å². The zero-order valence-electron chi connectivity index (χ0n) is 16.6. The molecule has 4 heteroatoms. The third-order valence-corrected chi connectivity index (χ3v) is 5.48. The van der Waals surface area contributed by atoms with E-state index < -0.39 is 0 Å². The number of rotatable bonds is 7. The number of ether oxygens (including phenoxy) is 2. The number of amides is 1. The van der Waals surface area contributed by atoms with Crippen molar-refractivity contribution in [1.82, 2.24) is 4.90 Å². The van der Waals surface area contributed by atoms with Gasteiger partial charge < -0.3 is 9.47 Å². The molecule has 1 amide bonds. The van der Waals surface area contributed by atoms with Gasteiger partial charge in [-0.25, -0.2) is 4.79 Å². The van der Waals surface area contributed by atoms with Gasteiger partial charge in [0.25, 0.3) is 0 Å². The molecule has 1 fully saturated rings. The summed E-state index contributed by atoms with van der Waals surface area (Å²) in [4.78, 5) is 14.2. The lowest BCUT2D eigenvalue weighted by molar-refractivity contribution is 0.124. The van der Waals surface area contributed by atoms with Gasteiger partial charge >= 0.3 is 6.09 Å². The average Bonchev–Trinajstić information content (AvgIpc) is 3.06. The molecule has 0 unspecified atom stereocenters. The molecule has 0 saturated carbocycles. The summed E-state index contributed by atoms with van der Waals surface area (Å²) in [5, 5.41) is 0. The second-order valence-electron chi connectivity index (χ2n) is 7.50. The molecule has 3 rings (SSSR count). The monoisotopic (exact) mass is 383 g/mol. The Morgan fingerprint density at radius 3 is 2.57 bits per heavy atom. The van der Waals surface area contributed by atoms with Crippen LogP contribution in [-0.2, 0) is 4.74 Å². The Labute approximate surface area is 169 Å². The van der Waals surface area contributed by atoms with Crippen molar-refractivity contribution in [2.24, 2.45) is 0 Å². The minimum atomic E-state index is -0.206. The molecular formula is C24H33NO3. The van der Waals surface area contributed by atoms with Crippen LogP contribution in [0.15, 0.2) is 48.5 Å². The van der Waals surface area contributed by atoms with Crippen LogP contribution in [0, 0.1) is 6.92 Å². The quantitative estimate of drug-likeness (QED) is 0.579. The predicted molar refractivity (Wildman–Crippen MR) is 114 cm³/mol. The number of methoxy groups -OCH3 is 1. The smallest absolute Gasteiger partial charge is 0.410 e. The van der Waals surface area contributed by atoms with Gasteiger partial charge in [0.2, 0.25) is 0 Å². The third-order valence-electron chi connectivity index (χ3n) is 5.48. The van der Waals surface area contributed by atoms with E-state index in [0.29, 0.717) is 12.5 Å². The molecular weight excluding hydrogens is 350 g/mol. The first-order valence-electron chi connectivity index (χ1n) is 9.65. The Kier molecular flexibility index (Phi) is 7.50. The highest BCUT2D eigenvalue weighted by atomic mass is 16.6. The summed E-state index contributed by atoms with van der Waals surface area (Å²) in [6, 6.07) is 16.5. The maximum absolute atomic E-state index is 12.4. The Balaban J connectivity index is 0.00000280. The summed E-state index contributed by atoms with van der Waals surface area (Å²) in [6.45, 7) is 7.00. The summed E-state index contributed by atoms with van der Waals surface area (Å²) in [5.74, 6) is 1.27. The minimum absolute atomic E-state index is 0. The summed E-state index contributed by atoms with van der Waals surface area (Å²) >= 11 is 0. The fourth-order valence-electron chi connectivity index (χ4n) is 3.67. The van der Waals surface area contributed by atoms with Crippen molar-refractivity contribution in [3.63, 3.8) is 0 Å². The summed E-state index contributed by atoms with van der Waals surface area (Å²) in [7, 11) is 1.69. The lowest BCUT2D eigenvalue weighted by atomic mass is 9.94. The zero-order chi connectivity index (χ0) is 19.4. The predicted octanol–water partition coefficient (Wildman–Crippen LogP) is 6.11. The summed E-state index contributed by atoms with van der Waals surface area (Å²) in [6.07, 6.45) is 1.58. The van der Waals surface area contributed by atoms with Gasteiger partial charge in [-0.15, -0.1) is 0 Å². The second kappa shape index (κ2) is 9.63. The first-order chi connectivity index (χ1) is 13.0. The Bertz CT molecular complexity index is 789. The molecule has 152 valence electrons. The first-order valence-corrected chi connectivity index (χ1v) is 9.65. The molecule has 0 aromatic heterocycles. The van der Waals surface area contributed by atoms with Crippen molar-refractivity contribution < 1.29 is 14.3 Å². The largest absolute Gasteiger partial charge is 0.497 e. The first kappa shape index (κ1) is 21.8. The Morgan fingerprint density at radius 1 is 1.14 bits per heavy atom. The topological polar surface area (TPSA) is 38.8 Å². The van der Waals surface area contributed by atoms with Crippen molar-refractivity contribution in [3.05, 3.63) is 65.2 Å². The van der Waals surface area contributed by atoms with Crippen molar-refractivity contribution >= 4 is 6.09 Å². The highest BCUT2D eigenvalue weighted by Crippen LogP contribution is 2.30. The zero-order valence-corrected chi connectivity index (χ0v) is 16.6. The van der Waals surface area contributed by atoms with Crippen LogP contribution < -0.4 is 4.74 Å². The maximum Gasteiger partial charge on any atom is 0.410 e. The molecule has 1 saturated heterocycles. The lowest BCUT2D eigenvalue weighted by Crippen LogP contribution is -2.28. The number of nitrogens with zero attached hydrogens (tertiary/aromatic N) is 1. The number of carbonyl (C=O) groups is 1.